The van der Waals surface area contributed by atoms with E-state index < -0.39 is 0 Å². The fourth-order valence-corrected chi connectivity index (χ4v) is 3.41. The fraction of sp³-hybridized carbons (Fsp3) is 0.500. The van der Waals surface area contributed by atoms with E-state index in [2.05, 4.69) is 21.2 Å². The number of likely N-dealkylation sites (tertiary alicyclic amines) is 1. The maximum atomic E-state index is 13.2. The minimum absolute atomic E-state index is 0.00560. The number of piperidine rings is 1. The van der Waals surface area contributed by atoms with E-state index in [1.807, 2.05) is 4.90 Å². The van der Waals surface area contributed by atoms with Crippen LogP contribution in [0.25, 0.3) is 0 Å². The van der Waals surface area contributed by atoms with Crippen LogP contribution in [0, 0.1) is 17.7 Å². The molecule has 3 nitrogen and oxygen atoms in total. The molecule has 0 aliphatic carbocycles. The Morgan fingerprint density at radius 1 is 1.37 bits per heavy atom. The molecule has 102 valence electrons. The van der Waals surface area contributed by atoms with Crippen molar-refractivity contribution in [2.24, 2.45) is 11.8 Å². The summed E-state index contributed by atoms with van der Waals surface area (Å²) in [5.74, 6) is 0.951. The van der Waals surface area contributed by atoms with Gasteiger partial charge in [-0.3, -0.25) is 4.79 Å². The standard InChI is InChI=1S/C14H16BrFN2O/c15-12-5-9(1-2-13(12)16)14(19)18-4-3-10-6-17-7-11(10)8-18/h1-2,5,10-11,17H,3-4,6-8H2. The maximum Gasteiger partial charge on any atom is 0.253 e. The molecule has 0 radical (unpaired) electrons. The van der Waals surface area contributed by atoms with Gasteiger partial charge in [-0.1, -0.05) is 0 Å². The average Bonchev–Trinajstić information content (AvgIpc) is 2.88. The molecule has 1 aromatic carbocycles. The highest BCUT2D eigenvalue weighted by molar-refractivity contribution is 9.10. The van der Waals surface area contributed by atoms with Crippen molar-refractivity contribution in [1.82, 2.24) is 10.2 Å². The van der Waals surface area contributed by atoms with Crippen molar-refractivity contribution in [2.45, 2.75) is 6.42 Å². The van der Waals surface area contributed by atoms with Crippen LogP contribution in [-0.2, 0) is 0 Å². The van der Waals surface area contributed by atoms with Crippen molar-refractivity contribution in [2.75, 3.05) is 26.2 Å². The predicted molar refractivity (Wildman–Crippen MR) is 74.5 cm³/mol. The van der Waals surface area contributed by atoms with Crippen LogP contribution in [-0.4, -0.2) is 37.0 Å². The Kier molecular flexibility index (Phi) is 3.58. The molecule has 0 saturated carbocycles. The minimum Gasteiger partial charge on any atom is -0.338 e. The van der Waals surface area contributed by atoms with Crippen LogP contribution in [0.1, 0.15) is 16.8 Å². The summed E-state index contributed by atoms with van der Waals surface area (Å²) in [4.78, 5) is 14.3. The number of hydrogen-bond acceptors (Lipinski definition) is 2. The molecule has 19 heavy (non-hydrogen) atoms. The number of carbonyl (C=O) groups excluding carboxylic acids is 1. The van der Waals surface area contributed by atoms with Crippen molar-refractivity contribution < 1.29 is 9.18 Å². The van der Waals surface area contributed by atoms with Gasteiger partial charge in [-0.05, 0) is 65.5 Å². The van der Waals surface area contributed by atoms with Crippen molar-refractivity contribution >= 4 is 21.8 Å². The zero-order valence-corrected chi connectivity index (χ0v) is 12.1. The third-order valence-electron chi connectivity index (χ3n) is 4.16. The fourth-order valence-electron chi connectivity index (χ4n) is 3.03. The molecule has 1 amide bonds. The zero-order valence-electron chi connectivity index (χ0n) is 10.5. The Hall–Kier alpha value is -0.940. The first kappa shape index (κ1) is 13.1. The predicted octanol–water partition coefficient (Wildman–Crippen LogP) is 2.27. The first-order valence-electron chi connectivity index (χ1n) is 6.60. The van der Waals surface area contributed by atoms with Crippen LogP contribution < -0.4 is 5.32 Å². The molecule has 0 bridgehead atoms. The quantitative estimate of drug-likeness (QED) is 0.858. The Bertz CT molecular complexity index is 508. The van der Waals surface area contributed by atoms with E-state index in [1.54, 1.807) is 12.1 Å². The topological polar surface area (TPSA) is 32.3 Å². The summed E-state index contributed by atoms with van der Waals surface area (Å²) in [6, 6.07) is 4.46. The lowest BCUT2D eigenvalue weighted by Crippen LogP contribution is -2.43. The second-order valence-electron chi connectivity index (χ2n) is 5.35. The van der Waals surface area contributed by atoms with Crippen molar-refractivity contribution in [3.8, 4) is 0 Å². The van der Waals surface area contributed by atoms with Crippen molar-refractivity contribution in [1.29, 1.82) is 0 Å². The highest BCUT2D eigenvalue weighted by Crippen LogP contribution is 2.28. The Labute approximate surface area is 120 Å². The SMILES string of the molecule is O=C(c1ccc(F)c(Br)c1)N1CCC2CNCC2C1. The molecule has 3 rings (SSSR count). The van der Waals surface area contributed by atoms with Crippen LogP contribution in [0.4, 0.5) is 4.39 Å². The number of carbonyl (C=O) groups is 1. The van der Waals surface area contributed by atoms with Gasteiger partial charge < -0.3 is 10.2 Å². The maximum absolute atomic E-state index is 13.2. The molecule has 1 N–H and O–H groups in total. The molecule has 2 aliphatic heterocycles. The van der Waals surface area contributed by atoms with Crippen LogP contribution >= 0.6 is 15.9 Å². The van der Waals surface area contributed by atoms with Crippen molar-refractivity contribution in [3.05, 3.63) is 34.1 Å². The van der Waals surface area contributed by atoms with E-state index in [4.69, 9.17) is 0 Å². The number of nitrogens with one attached hydrogen (secondary N) is 1. The van der Waals surface area contributed by atoms with Crippen LogP contribution in [0.2, 0.25) is 0 Å². The number of fused-ring (bicyclic) bond motifs is 1. The largest absolute Gasteiger partial charge is 0.338 e. The second kappa shape index (κ2) is 5.21. The number of amides is 1. The summed E-state index contributed by atoms with van der Waals surface area (Å²) in [5, 5.41) is 3.39. The molecule has 2 aliphatic rings. The van der Waals surface area contributed by atoms with E-state index in [-0.39, 0.29) is 11.7 Å². The number of benzene rings is 1. The summed E-state index contributed by atoms with van der Waals surface area (Å²) in [6.45, 7) is 3.69. The second-order valence-corrected chi connectivity index (χ2v) is 6.20. The lowest BCUT2D eigenvalue weighted by atomic mass is 9.88. The number of rotatable bonds is 1. The lowest BCUT2D eigenvalue weighted by molar-refractivity contribution is 0.0642. The first-order chi connectivity index (χ1) is 9.15. The Morgan fingerprint density at radius 2 is 2.16 bits per heavy atom. The van der Waals surface area contributed by atoms with Gasteiger partial charge in [-0.2, -0.15) is 0 Å². The van der Waals surface area contributed by atoms with Crippen LogP contribution in [0.15, 0.2) is 22.7 Å². The molecule has 0 spiro atoms. The first-order valence-corrected chi connectivity index (χ1v) is 7.39. The third-order valence-corrected chi connectivity index (χ3v) is 4.77. The lowest BCUT2D eigenvalue weighted by Gasteiger charge is -2.34. The van der Waals surface area contributed by atoms with Gasteiger partial charge in [0, 0.05) is 18.7 Å². The average molecular weight is 327 g/mol. The molecule has 2 atom stereocenters. The van der Waals surface area contributed by atoms with Gasteiger partial charge in [0.1, 0.15) is 5.82 Å². The van der Waals surface area contributed by atoms with E-state index in [0.717, 1.165) is 32.6 Å². The molecule has 2 unspecified atom stereocenters. The van der Waals surface area contributed by atoms with E-state index in [9.17, 15) is 9.18 Å². The molecule has 2 heterocycles. The van der Waals surface area contributed by atoms with Crippen LogP contribution in [0.5, 0.6) is 0 Å². The van der Waals surface area contributed by atoms with Gasteiger partial charge in [0.25, 0.3) is 5.91 Å². The van der Waals surface area contributed by atoms with Gasteiger partial charge in [0.05, 0.1) is 4.47 Å². The molecule has 5 heteroatoms. The number of nitrogens with zero attached hydrogens (tertiary/aromatic N) is 1. The smallest absolute Gasteiger partial charge is 0.253 e. The summed E-state index contributed by atoms with van der Waals surface area (Å²) in [7, 11) is 0. The third kappa shape index (κ3) is 2.54. The molecular formula is C14H16BrFN2O. The Morgan fingerprint density at radius 3 is 2.95 bits per heavy atom. The monoisotopic (exact) mass is 326 g/mol. The summed E-state index contributed by atoms with van der Waals surface area (Å²) >= 11 is 3.13. The summed E-state index contributed by atoms with van der Waals surface area (Å²) < 4.78 is 13.5. The normalized spacial score (nSPS) is 26.3. The molecular weight excluding hydrogens is 311 g/mol. The van der Waals surface area contributed by atoms with E-state index in [1.165, 1.54) is 6.07 Å². The van der Waals surface area contributed by atoms with Gasteiger partial charge in [-0.25, -0.2) is 4.39 Å². The van der Waals surface area contributed by atoms with E-state index >= 15 is 0 Å². The number of halogens is 2. The zero-order chi connectivity index (χ0) is 13.4. The molecule has 1 aromatic rings. The summed E-state index contributed by atoms with van der Waals surface area (Å²) in [5.41, 5.74) is 0.553. The van der Waals surface area contributed by atoms with Gasteiger partial charge in [-0.15, -0.1) is 0 Å². The van der Waals surface area contributed by atoms with Crippen molar-refractivity contribution in [3.63, 3.8) is 0 Å². The minimum atomic E-state index is -0.338. The molecule has 0 aromatic heterocycles. The Balaban J connectivity index is 1.74. The summed E-state index contributed by atoms with van der Waals surface area (Å²) in [6.07, 6.45) is 1.06. The van der Waals surface area contributed by atoms with Gasteiger partial charge >= 0.3 is 0 Å². The van der Waals surface area contributed by atoms with E-state index in [0.29, 0.717) is 21.9 Å². The molecule has 2 saturated heterocycles. The van der Waals surface area contributed by atoms with Crippen LogP contribution in [0.3, 0.4) is 0 Å². The highest BCUT2D eigenvalue weighted by Gasteiger charge is 2.34. The van der Waals surface area contributed by atoms with Gasteiger partial charge in [0.2, 0.25) is 0 Å². The highest BCUT2D eigenvalue weighted by atomic mass is 79.9. The number of hydrogen-bond donors (Lipinski definition) is 1. The van der Waals surface area contributed by atoms with Gasteiger partial charge in [0.15, 0.2) is 0 Å². The molecule has 2 fully saturated rings.